The molecule has 1 aliphatic rings. The van der Waals surface area contributed by atoms with E-state index >= 15 is 0 Å². The van der Waals surface area contributed by atoms with Crippen LogP contribution in [0.15, 0.2) is 24.5 Å². The van der Waals surface area contributed by atoms with Crippen molar-refractivity contribution in [1.29, 1.82) is 0 Å². The first-order valence-electron chi connectivity index (χ1n) is 7.62. The van der Waals surface area contributed by atoms with E-state index in [1.807, 2.05) is 18.3 Å². The van der Waals surface area contributed by atoms with E-state index < -0.39 is 0 Å². The lowest BCUT2D eigenvalue weighted by molar-refractivity contribution is 0.392. The summed E-state index contributed by atoms with van der Waals surface area (Å²) >= 11 is 1.45. The summed E-state index contributed by atoms with van der Waals surface area (Å²) in [5.41, 5.74) is 8.10. The number of anilines is 2. The van der Waals surface area contributed by atoms with Crippen molar-refractivity contribution < 1.29 is 0 Å². The van der Waals surface area contributed by atoms with Gasteiger partial charge in [0.15, 0.2) is 0 Å². The molecule has 0 radical (unpaired) electrons. The van der Waals surface area contributed by atoms with Gasteiger partial charge in [-0.2, -0.15) is 4.37 Å². The van der Waals surface area contributed by atoms with Crippen molar-refractivity contribution in [2.45, 2.75) is 39.2 Å². The van der Waals surface area contributed by atoms with Crippen LogP contribution in [0.4, 0.5) is 10.8 Å². The molecule has 112 valence electrons. The minimum atomic E-state index is 0.519. The minimum Gasteiger partial charge on any atom is -0.382 e. The number of nitrogens with two attached hydrogens (primary N) is 1. The van der Waals surface area contributed by atoms with E-state index in [1.165, 1.54) is 30.8 Å². The standard InChI is InChI=1S/C16H22N4S/c1-3-11-6-7-13(10(11)2)19-16-14(15(17)20-21-16)12-5-4-8-18-9-12/h4-5,8-11,13,19H,3,6-7H2,1-2H3,(H2,17,20). The average molecular weight is 302 g/mol. The second-order valence-electron chi connectivity index (χ2n) is 5.87. The van der Waals surface area contributed by atoms with Gasteiger partial charge in [-0.25, -0.2) is 0 Å². The first kappa shape index (κ1) is 14.3. The number of pyridine rings is 1. The maximum absolute atomic E-state index is 6.07. The highest BCUT2D eigenvalue weighted by molar-refractivity contribution is 7.11. The van der Waals surface area contributed by atoms with E-state index in [9.17, 15) is 0 Å². The van der Waals surface area contributed by atoms with Crippen LogP contribution in [0, 0.1) is 11.8 Å². The van der Waals surface area contributed by atoms with E-state index in [0.717, 1.165) is 22.0 Å². The normalized spacial score (nSPS) is 25.1. The molecule has 0 spiro atoms. The lowest BCUT2D eigenvalue weighted by Gasteiger charge is -2.21. The Hall–Kier alpha value is -1.62. The van der Waals surface area contributed by atoms with Crippen LogP contribution in [-0.2, 0) is 0 Å². The first-order chi connectivity index (χ1) is 10.2. The van der Waals surface area contributed by atoms with Crippen LogP contribution in [0.3, 0.4) is 0 Å². The summed E-state index contributed by atoms with van der Waals surface area (Å²) in [5, 5.41) is 4.77. The summed E-state index contributed by atoms with van der Waals surface area (Å²) in [4.78, 5) is 4.19. The number of nitrogen functional groups attached to an aromatic ring is 1. The Balaban J connectivity index is 1.85. The first-order valence-corrected chi connectivity index (χ1v) is 8.40. The smallest absolute Gasteiger partial charge is 0.147 e. The largest absolute Gasteiger partial charge is 0.382 e. The van der Waals surface area contributed by atoms with Gasteiger partial charge in [-0.15, -0.1) is 0 Å². The average Bonchev–Trinajstić information content (AvgIpc) is 3.04. The zero-order valence-corrected chi connectivity index (χ0v) is 13.4. The molecule has 0 bridgehead atoms. The van der Waals surface area contributed by atoms with Gasteiger partial charge in [0.2, 0.25) is 0 Å². The van der Waals surface area contributed by atoms with Crippen LogP contribution in [-0.4, -0.2) is 15.4 Å². The Labute approximate surface area is 130 Å². The Morgan fingerprint density at radius 3 is 2.95 bits per heavy atom. The van der Waals surface area contributed by atoms with Crippen LogP contribution in [0.5, 0.6) is 0 Å². The third kappa shape index (κ3) is 2.75. The Bertz CT molecular complexity index is 596. The molecule has 2 aromatic rings. The number of nitrogens with one attached hydrogen (secondary N) is 1. The van der Waals surface area contributed by atoms with Crippen molar-refractivity contribution in [1.82, 2.24) is 9.36 Å². The van der Waals surface area contributed by atoms with Crippen molar-refractivity contribution in [2.24, 2.45) is 11.8 Å². The summed E-state index contributed by atoms with van der Waals surface area (Å²) in [6.45, 7) is 4.64. The summed E-state index contributed by atoms with van der Waals surface area (Å²) in [7, 11) is 0. The van der Waals surface area contributed by atoms with E-state index in [4.69, 9.17) is 5.73 Å². The predicted octanol–water partition coefficient (Wildman–Crippen LogP) is 4.02. The molecule has 1 aliphatic carbocycles. The predicted molar refractivity (Wildman–Crippen MR) is 89.3 cm³/mol. The van der Waals surface area contributed by atoms with Crippen molar-refractivity contribution in [3.8, 4) is 11.1 Å². The van der Waals surface area contributed by atoms with Crippen LogP contribution < -0.4 is 11.1 Å². The molecule has 1 fully saturated rings. The van der Waals surface area contributed by atoms with E-state index in [-0.39, 0.29) is 0 Å². The lowest BCUT2D eigenvalue weighted by atomic mass is 9.93. The Morgan fingerprint density at radius 2 is 2.29 bits per heavy atom. The molecule has 2 heterocycles. The maximum Gasteiger partial charge on any atom is 0.147 e. The molecular weight excluding hydrogens is 280 g/mol. The fraction of sp³-hybridized carbons (Fsp3) is 0.500. The number of hydrogen-bond acceptors (Lipinski definition) is 5. The van der Waals surface area contributed by atoms with Gasteiger partial charge in [0, 0.05) is 24.0 Å². The lowest BCUT2D eigenvalue weighted by Crippen LogP contribution is -2.24. The quantitative estimate of drug-likeness (QED) is 0.895. The van der Waals surface area contributed by atoms with Gasteiger partial charge in [-0.05, 0) is 42.3 Å². The second kappa shape index (κ2) is 6.02. The Morgan fingerprint density at radius 1 is 1.43 bits per heavy atom. The van der Waals surface area contributed by atoms with Gasteiger partial charge in [0.25, 0.3) is 0 Å². The summed E-state index contributed by atoms with van der Waals surface area (Å²) in [5.74, 6) is 2.11. The maximum atomic E-state index is 6.07. The molecule has 3 rings (SSSR count). The van der Waals surface area contributed by atoms with Gasteiger partial charge in [-0.1, -0.05) is 26.3 Å². The van der Waals surface area contributed by atoms with Gasteiger partial charge < -0.3 is 11.1 Å². The third-order valence-corrected chi connectivity index (χ3v) is 5.53. The zero-order valence-electron chi connectivity index (χ0n) is 12.5. The van der Waals surface area contributed by atoms with Crippen LogP contribution in [0.1, 0.15) is 33.1 Å². The second-order valence-corrected chi connectivity index (χ2v) is 6.64. The van der Waals surface area contributed by atoms with Gasteiger partial charge in [-0.3, -0.25) is 4.98 Å². The summed E-state index contributed by atoms with van der Waals surface area (Å²) in [6.07, 6.45) is 7.42. The number of hydrogen-bond donors (Lipinski definition) is 2. The zero-order chi connectivity index (χ0) is 14.8. The van der Waals surface area contributed by atoms with Crippen molar-refractivity contribution >= 4 is 22.4 Å². The van der Waals surface area contributed by atoms with Crippen LogP contribution in [0.25, 0.3) is 11.1 Å². The highest BCUT2D eigenvalue weighted by Crippen LogP contribution is 2.41. The molecule has 4 nitrogen and oxygen atoms in total. The summed E-state index contributed by atoms with van der Waals surface area (Å²) < 4.78 is 4.33. The topological polar surface area (TPSA) is 63.8 Å². The molecule has 3 atom stereocenters. The molecule has 5 heteroatoms. The number of rotatable bonds is 4. The molecule has 2 aromatic heterocycles. The highest BCUT2D eigenvalue weighted by atomic mass is 32.1. The number of nitrogens with zero attached hydrogens (tertiary/aromatic N) is 2. The third-order valence-electron chi connectivity index (χ3n) is 4.74. The molecule has 0 amide bonds. The molecule has 3 unspecified atom stereocenters. The molecule has 1 saturated carbocycles. The Kier molecular flexibility index (Phi) is 4.10. The molecule has 0 aromatic carbocycles. The molecule has 0 aliphatic heterocycles. The van der Waals surface area contributed by atoms with Crippen molar-refractivity contribution in [3.63, 3.8) is 0 Å². The summed E-state index contributed by atoms with van der Waals surface area (Å²) in [6, 6.07) is 4.48. The van der Waals surface area contributed by atoms with E-state index in [2.05, 4.69) is 28.5 Å². The fourth-order valence-corrected chi connectivity index (χ4v) is 4.19. The fourth-order valence-electron chi connectivity index (χ4n) is 3.39. The monoisotopic (exact) mass is 302 g/mol. The highest BCUT2D eigenvalue weighted by Gasteiger charge is 2.32. The molecule has 3 N–H and O–H groups in total. The van der Waals surface area contributed by atoms with Crippen LogP contribution >= 0.6 is 11.5 Å². The SMILES string of the molecule is CCC1CCC(Nc2snc(N)c2-c2cccnc2)C1C. The van der Waals surface area contributed by atoms with Crippen molar-refractivity contribution in [2.75, 3.05) is 11.1 Å². The van der Waals surface area contributed by atoms with E-state index in [1.54, 1.807) is 6.20 Å². The van der Waals surface area contributed by atoms with Gasteiger partial charge >= 0.3 is 0 Å². The molecular formula is C16H22N4S. The minimum absolute atomic E-state index is 0.519. The van der Waals surface area contributed by atoms with Gasteiger partial charge in [0.05, 0.1) is 5.56 Å². The van der Waals surface area contributed by atoms with E-state index in [0.29, 0.717) is 17.8 Å². The van der Waals surface area contributed by atoms with Crippen LogP contribution in [0.2, 0.25) is 0 Å². The molecule has 21 heavy (non-hydrogen) atoms. The number of aromatic nitrogens is 2. The molecule has 0 saturated heterocycles. The van der Waals surface area contributed by atoms with Crippen molar-refractivity contribution in [3.05, 3.63) is 24.5 Å². The van der Waals surface area contributed by atoms with Gasteiger partial charge in [0.1, 0.15) is 10.8 Å².